The molecule has 6 nitrogen and oxygen atoms in total. The van der Waals surface area contributed by atoms with Gasteiger partial charge < -0.3 is 20.7 Å². The smallest absolute Gasteiger partial charge is 0.313 e. The van der Waals surface area contributed by atoms with Gasteiger partial charge in [-0.15, -0.1) is 0 Å². The van der Waals surface area contributed by atoms with Crippen LogP contribution in [0, 0.1) is 5.92 Å². The third kappa shape index (κ3) is 3.53. The molecule has 3 rings (SSSR count). The summed E-state index contributed by atoms with van der Waals surface area (Å²) in [6.07, 6.45) is 5.57. The molecule has 122 valence electrons. The summed E-state index contributed by atoms with van der Waals surface area (Å²) in [5.74, 6) is -1.29. The Morgan fingerprint density at radius 3 is 2.83 bits per heavy atom. The number of aromatic nitrogens is 1. The molecule has 1 aromatic carbocycles. The molecule has 1 saturated carbocycles. The van der Waals surface area contributed by atoms with Crippen LogP contribution in [-0.4, -0.2) is 34.6 Å². The summed E-state index contributed by atoms with van der Waals surface area (Å²) < 4.78 is 0. The van der Waals surface area contributed by atoms with Gasteiger partial charge >= 0.3 is 11.8 Å². The fourth-order valence-corrected chi connectivity index (χ4v) is 3.17. The number of amides is 2. The molecule has 6 heteroatoms. The predicted molar refractivity (Wildman–Crippen MR) is 87.9 cm³/mol. The van der Waals surface area contributed by atoms with Crippen molar-refractivity contribution < 1.29 is 14.7 Å². The van der Waals surface area contributed by atoms with E-state index in [2.05, 4.69) is 15.6 Å². The summed E-state index contributed by atoms with van der Waals surface area (Å²) in [5.41, 5.74) is 1.56. The van der Waals surface area contributed by atoms with Gasteiger partial charge in [-0.2, -0.15) is 0 Å². The van der Waals surface area contributed by atoms with Crippen LogP contribution in [0.1, 0.15) is 25.7 Å². The number of carbonyl (C=O) groups is 2. The lowest BCUT2D eigenvalue weighted by Gasteiger charge is -2.30. The Morgan fingerprint density at radius 2 is 2.00 bits per heavy atom. The number of rotatable bonds is 3. The standard InChI is InChI=1S/C17H21N3O3/c21-10-12-3-1-2-4-15(12)20-17(23)16(22)19-13-5-6-14-11(9-13)7-8-18-14/h5-9,12,15,18,21H,1-4,10H2,(H,19,22)(H,20,23). The molecule has 0 aliphatic heterocycles. The summed E-state index contributed by atoms with van der Waals surface area (Å²) in [5, 5.41) is 15.7. The van der Waals surface area contributed by atoms with E-state index < -0.39 is 11.8 Å². The molecule has 0 saturated heterocycles. The van der Waals surface area contributed by atoms with Gasteiger partial charge in [-0.3, -0.25) is 9.59 Å². The first-order chi connectivity index (χ1) is 11.2. The van der Waals surface area contributed by atoms with E-state index in [-0.39, 0.29) is 18.6 Å². The van der Waals surface area contributed by atoms with Crippen molar-refractivity contribution in [2.75, 3.05) is 11.9 Å². The Bertz CT molecular complexity index is 710. The van der Waals surface area contributed by atoms with Crippen molar-refractivity contribution in [1.82, 2.24) is 10.3 Å². The van der Waals surface area contributed by atoms with Crippen LogP contribution in [0.3, 0.4) is 0 Å². The van der Waals surface area contributed by atoms with Crippen molar-refractivity contribution >= 4 is 28.4 Å². The first-order valence-electron chi connectivity index (χ1n) is 7.97. The van der Waals surface area contributed by atoms with Crippen molar-refractivity contribution in [3.8, 4) is 0 Å². The SMILES string of the molecule is O=C(Nc1ccc2[nH]ccc2c1)C(=O)NC1CCCCC1CO. The highest BCUT2D eigenvalue weighted by Crippen LogP contribution is 2.24. The molecule has 1 fully saturated rings. The lowest BCUT2D eigenvalue weighted by Crippen LogP contribution is -2.47. The number of fused-ring (bicyclic) bond motifs is 1. The van der Waals surface area contributed by atoms with Crippen LogP contribution in [0.5, 0.6) is 0 Å². The van der Waals surface area contributed by atoms with Gasteiger partial charge in [0, 0.05) is 41.4 Å². The van der Waals surface area contributed by atoms with Crippen LogP contribution in [0.2, 0.25) is 0 Å². The fourth-order valence-electron chi connectivity index (χ4n) is 3.17. The van der Waals surface area contributed by atoms with Gasteiger partial charge in [-0.05, 0) is 37.1 Å². The molecule has 2 amide bonds. The topological polar surface area (TPSA) is 94.2 Å². The van der Waals surface area contributed by atoms with Crippen LogP contribution in [0.15, 0.2) is 30.5 Å². The molecular weight excluding hydrogens is 294 g/mol. The van der Waals surface area contributed by atoms with Gasteiger partial charge in [0.15, 0.2) is 0 Å². The maximum absolute atomic E-state index is 12.1. The van der Waals surface area contributed by atoms with E-state index >= 15 is 0 Å². The fraction of sp³-hybridized carbons (Fsp3) is 0.412. The Hall–Kier alpha value is -2.34. The average Bonchev–Trinajstić information content (AvgIpc) is 3.03. The highest BCUT2D eigenvalue weighted by atomic mass is 16.3. The number of hydrogen-bond acceptors (Lipinski definition) is 3. The van der Waals surface area contributed by atoms with Crippen molar-refractivity contribution in [2.24, 2.45) is 5.92 Å². The number of aliphatic hydroxyl groups excluding tert-OH is 1. The lowest BCUT2D eigenvalue weighted by molar-refractivity contribution is -0.137. The van der Waals surface area contributed by atoms with Gasteiger partial charge in [0.2, 0.25) is 0 Å². The van der Waals surface area contributed by atoms with E-state index in [9.17, 15) is 14.7 Å². The lowest BCUT2D eigenvalue weighted by atomic mass is 9.85. The number of benzene rings is 1. The summed E-state index contributed by atoms with van der Waals surface area (Å²) in [4.78, 5) is 27.2. The maximum atomic E-state index is 12.1. The third-order valence-electron chi connectivity index (χ3n) is 4.48. The van der Waals surface area contributed by atoms with Crippen molar-refractivity contribution in [3.63, 3.8) is 0 Å². The van der Waals surface area contributed by atoms with Crippen molar-refractivity contribution in [1.29, 1.82) is 0 Å². The first-order valence-corrected chi connectivity index (χ1v) is 7.97. The predicted octanol–water partition coefficient (Wildman–Crippen LogP) is 1.77. The molecule has 0 bridgehead atoms. The first kappa shape index (κ1) is 15.6. The minimum absolute atomic E-state index is 0.0384. The van der Waals surface area contributed by atoms with Crippen LogP contribution < -0.4 is 10.6 Å². The van der Waals surface area contributed by atoms with Gasteiger partial charge in [0.25, 0.3) is 0 Å². The van der Waals surface area contributed by atoms with Gasteiger partial charge in [0.05, 0.1) is 0 Å². The van der Waals surface area contributed by atoms with E-state index in [1.807, 2.05) is 24.4 Å². The van der Waals surface area contributed by atoms with E-state index in [0.717, 1.165) is 36.6 Å². The minimum atomic E-state index is -0.679. The minimum Gasteiger partial charge on any atom is -0.396 e. The molecule has 4 N–H and O–H groups in total. The second-order valence-electron chi connectivity index (χ2n) is 6.04. The van der Waals surface area contributed by atoms with Crippen LogP contribution in [0.4, 0.5) is 5.69 Å². The number of H-pyrrole nitrogens is 1. The zero-order valence-electron chi connectivity index (χ0n) is 12.8. The van der Waals surface area contributed by atoms with Crippen molar-refractivity contribution in [2.45, 2.75) is 31.7 Å². The molecule has 1 aliphatic carbocycles. The third-order valence-corrected chi connectivity index (χ3v) is 4.48. The molecule has 23 heavy (non-hydrogen) atoms. The number of carbonyl (C=O) groups excluding carboxylic acids is 2. The highest BCUT2D eigenvalue weighted by molar-refractivity contribution is 6.39. The Kier molecular flexibility index (Phi) is 4.62. The summed E-state index contributed by atoms with van der Waals surface area (Å²) in [7, 11) is 0. The summed E-state index contributed by atoms with van der Waals surface area (Å²) in [6, 6.07) is 7.19. The normalized spacial score (nSPS) is 21.1. The summed E-state index contributed by atoms with van der Waals surface area (Å²) in [6.45, 7) is 0.0384. The van der Waals surface area contributed by atoms with Gasteiger partial charge in [0.1, 0.15) is 0 Å². The largest absolute Gasteiger partial charge is 0.396 e. The zero-order chi connectivity index (χ0) is 16.2. The molecule has 1 heterocycles. The second-order valence-corrected chi connectivity index (χ2v) is 6.04. The highest BCUT2D eigenvalue weighted by Gasteiger charge is 2.27. The molecule has 1 aromatic heterocycles. The Morgan fingerprint density at radius 1 is 1.17 bits per heavy atom. The van der Waals surface area contributed by atoms with Crippen molar-refractivity contribution in [3.05, 3.63) is 30.5 Å². The van der Waals surface area contributed by atoms with E-state index in [1.54, 1.807) is 6.07 Å². The molecule has 1 aliphatic rings. The second kappa shape index (κ2) is 6.83. The van der Waals surface area contributed by atoms with Gasteiger partial charge in [-0.1, -0.05) is 12.8 Å². The Balaban J connectivity index is 1.61. The molecular formula is C17H21N3O3. The Labute approximate surface area is 134 Å². The molecule has 0 radical (unpaired) electrons. The number of hydrogen-bond donors (Lipinski definition) is 4. The summed E-state index contributed by atoms with van der Waals surface area (Å²) >= 11 is 0. The average molecular weight is 315 g/mol. The molecule has 2 unspecified atom stereocenters. The molecule has 2 aromatic rings. The van der Waals surface area contributed by atoms with Gasteiger partial charge in [-0.25, -0.2) is 0 Å². The number of nitrogens with one attached hydrogen (secondary N) is 3. The van der Waals surface area contributed by atoms with Crippen LogP contribution in [0.25, 0.3) is 10.9 Å². The quantitative estimate of drug-likeness (QED) is 0.650. The number of aliphatic hydroxyl groups is 1. The number of aromatic amines is 1. The molecule has 2 atom stereocenters. The van der Waals surface area contributed by atoms with E-state index in [1.165, 1.54) is 0 Å². The number of anilines is 1. The monoisotopic (exact) mass is 315 g/mol. The maximum Gasteiger partial charge on any atom is 0.313 e. The van der Waals surface area contributed by atoms with Crippen LogP contribution in [-0.2, 0) is 9.59 Å². The van der Waals surface area contributed by atoms with E-state index in [0.29, 0.717) is 5.69 Å². The molecule has 0 spiro atoms. The van der Waals surface area contributed by atoms with E-state index in [4.69, 9.17) is 0 Å². The van der Waals surface area contributed by atoms with Crippen LogP contribution >= 0.6 is 0 Å². The zero-order valence-corrected chi connectivity index (χ0v) is 12.8.